The highest BCUT2D eigenvalue weighted by Crippen LogP contribution is 2.19. The zero-order valence-electron chi connectivity index (χ0n) is 15.2. The van der Waals surface area contributed by atoms with Crippen molar-refractivity contribution in [1.82, 2.24) is 15.5 Å². The van der Waals surface area contributed by atoms with Gasteiger partial charge in [0.25, 0.3) is 0 Å². The lowest BCUT2D eigenvalue weighted by molar-refractivity contribution is 0.245. The molecule has 2 N–H and O–H groups in total. The number of benzene rings is 1. The van der Waals surface area contributed by atoms with Gasteiger partial charge in [0.15, 0.2) is 5.96 Å². The molecule has 0 spiro atoms. The van der Waals surface area contributed by atoms with Crippen LogP contribution in [-0.4, -0.2) is 64.0 Å². The van der Waals surface area contributed by atoms with Crippen molar-refractivity contribution < 1.29 is 8.42 Å². The first-order chi connectivity index (χ1) is 12.0. The van der Waals surface area contributed by atoms with E-state index in [1.54, 1.807) is 7.05 Å². The van der Waals surface area contributed by atoms with Crippen LogP contribution >= 0.6 is 0 Å². The highest BCUT2D eigenvalue weighted by atomic mass is 32.2. The van der Waals surface area contributed by atoms with Crippen LogP contribution in [0.5, 0.6) is 0 Å². The molecule has 1 aromatic carbocycles. The van der Waals surface area contributed by atoms with Gasteiger partial charge in [-0.25, -0.2) is 8.42 Å². The molecule has 1 atom stereocenters. The number of hydrogen-bond acceptors (Lipinski definition) is 4. The van der Waals surface area contributed by atoms with Crippen molar-refractivity contribution in [3.63, 3.8) is 0 Å². The van der Waals surface area contributed by atoms with Crippen LogP contribution in [0.2, 0.25) is 0 Å². The predicted molar refractivity (Wildman–Crippen MR) is 104 cm³/mol. The summed E-state index contributed by atoms with van der Waals surface area (Å²) in [6, 6.07) is 11.1. The normalized spacial score (nSPS) is 19.1. The van der Waals surface area contributed by atoms with Gasteiger partial charge in [-0.1, -0.05) is 30.3 Å². The molecule has 0 bridgehead atoms. The molecule has 1 saturated heterocycles. The Bertz CT molecular complexity index is 646. The largest absolute Gasteiger partial charge is 0.356 e. The molecule has 2 rings (SSSR count). The lowest BCUT2D eigenvalue weighted by atomic mass is 10.2. The van der Waals surface area contributed by atoms with Crippen LogP contribution in [-0.2, 0) is 16.4 Å². The first-order valence-electron chi connectivity index (χ1n) is 8.88. The number of nitrogens with zero attached hydrogens (tertiary/aromatic N) is 2. The lowest BCUT2D eigenvalue weighted by Crippen LogP contribution is -2.45. The van der Waals surface area contributed by atoms with Crippen LogP contribution in [0.1, 0.15) is 24.8 Å². The van der Waals surface area contributed by atoms with E-state index in [2.05, 4.69) is 44.8 Å². The van der Waals surface area contributed by atoms with Gasteiger partial charge in [-0.3, -0.25) is 9.89 Å². The van der Waals surface area contributed by atoms with E-state index in [0.717, 1.165) is 25.6 Å². The standard InChI is InChI=1S/C18H30N4O2S/c1-19-18(20-11-7-13-25(2,23)24)21-14-17-10-6-12-22(17)15-16-8-4-3-5-9-16/h3-5,8-9,17H,6-7,10-15H2,1-2H3,(H2,19,20,21). The number of sulfone groups is 1. The third kappa shape index (κ3) is 7.44. The zero-order chi connectivity index (χ0) is 18.1. The van der Waals surface area contributed by atoms with E-state index >= 15 is 0 Å². The topological polar surface area (TPSA) is 73.8 Å². The van der Waals surface area contributed by atoms with Crippen LogP contribution in [0.3, 0.4) is 0 Å². The first kappa shape index (κ1) is 19.7. The highest BCUT2D eigenvalue weighted by Gasteiger charge is 2.24. The number of likely N-dealkylation sites (tertiary alicyclic amines) is 1. The van der Waals surface area contributed by atoms with Crippen molar-refractivity contribution >= 4 is 15.8 Å². The summed E-state index contributed by atoms with van der Waals surface area (Å²) in [4.78, 5) is 6.73. The van der Waals surface area contributed by atoms with Crippen molar-refractivity contribution in [1.29, 1.82) is 0 Å². The molecule has 0 saturated carbocycles. The molecule has 0 amide bonds. The molecule has 25 heavy (non-hydrogen) atoms. The molecule has 1 heterocycles. The Morgan fingerprint density at radius 3 is 2.72 bits per heavy atom. The van der Waals surface area contributed by atoms with Crippen LogP contribution in [0.4, 0.5) is 0 Å². The van der Waals surface area contributed by atoms with Gasteiger partial charge in [0.05, 0.1) is 5.75 Å². The van der Waals surface area contributed by atoms with Crippen molar-refractivity contribution in [2.45, 2.75) is 31.8 Å². The molecule has 1 aliphatic rings. The SMILES string of the molecule is CN=C(NCCCS(C)(=O)=O)NCC1CCCN1Cc1ccccc1. The predicted octanol–water partition coefficient (Wildman–Crippen LogP) is 1.25. The molecule has 6 nitrogen and oxygen atoms in total. The second kappa shape index (κ2) is 9.77. The molecule has 0 aliphatic carbocycles. The third-order valence-corrected chi connectivity index (χ3v) is 5.47. The first-order valence-corrected chi connectivity index (χ1v) is 10.9. The van der Waals surface area contributed by atoms with Gasteiger partial charge in [0, 0.05) is 39.0 Å². The second-order valence-corrected chi connectivity index (χ2v) is 8.88. The summed E-state index contributed by atoms with van der Waals surface area (Å²) in [6.07, 6.45) is 4.26. The maximum atomic E-state index is 11.2. The third-order valence-electron chi connectivity index (χ3n) is 4.44. The van der Waals surface area contributed by atoms with Gasteiger partial charge >= 0.3 is 0 Å². The molecule has 7 heteroatoms. The van der Waals surface area contributed by atoms with E-state index in [1.807, 2.05) is 6.07 Å². The average Bonchev–Trinajstić information content (AvgIpc) is 3.01. The van der Waals surface area contributed by atoms with Crippen LogP contribution < -0.4 is 10.6 Å². The number of nitrogens with one attached hydrogen (secondary N) is 2. The van der Waals surface area contributed by atoms with Crippen molar-refractivity contribution in [3.8, 4) is 0 Å². The quantitative estimate of drug-likeness (QED) is 0.412. The van der Waals surface area contributed by atoms with Gasteiger partial charge in [-0.05, 0) is 31.4 Å². The minimum Gasteiger partial charge on any atom is -0.356 e. The molecule has 1 unspecified atom stereocenters. The maximum absolute atomic E-state index is 11.2. The molecule has 1 aromatic rings. The van der Waals surface area contributed by atoms with E-state index in [0.29, 0.717) is 19.0 Å². The molecule has 0 radical (unpaired) electrons. The minimum absolute atomic E-state index is 0.199. The maximum Gasteiger partial charge on any atom is 0.191 e. The number of rotatable bonds is 8. The Hall–Kier alpha value is -1.60. The van der Waals surface area contributed by atoms with E-state index in [1.165, 1.54) is 24.7 Å². The highest BCUT2D eigenvalue weighted by molar-refractivity contribution is 7.90. The zero-order valence-corrected chi connectivity index (χ0v) is 16.1. The molecular weight excluding hydrogens is 336 g/mol. The number of guanidine groups is 1. The minimum atomic E-state index is -2.90. The summed E-state index contributed by atoms with van der Waals surface area (Å²) in [5.74, 6) is 0.935. The second-order valence-electron chi connectivity index (χ2n) is 6.62. The van der Waals surface area contributed by atoms with Crippen LogP contribution in [0.15, 0.2) is 35.3 Å². The Balaban J connectivity index is 1.74. The van der Waals surface area contributed by atoms with Crippen molar-refractivity contribution in [3.05, 3.63) is 35.9 Å². The Morgan fingerprint density at radius 2 is 2.04 bits per heavy atom. The summed E-state index contributed by atoms with van der Waals surface area (Å²) < 4.78 is 22.3. The Kier molecular flexibility index (Phi) is 7.71. The number of aliphatic imine (C=N–C) groups is 1. The van der Waals surface area contributed by atoms with E-state index in [-0.39, 0.29) is 5.75 Å². The van der Waals surface area contributed by atoms with Gasteiger partial charge in [0.1, 0.15) is 9.84 Å². The summed E-state index contributed by atoms with van der Waals surface area (Å²) in [5, 5.41) is 6.56. The fourth-order valence-corrected chi connectivity index (χ4v) is 3.80. The van der Waals surface area contributed by atoms with Crippen molar-refractivity contribution in [2.24, 2.45) is 4.99 Å². The van der Waals surface area contributed by atoms with E-state index < -0.39 is 9.84 Å². The number of hydrogen-bond donors (Lipinski definition) is 2. The molecule has 140 valence electrons. The Morgan fingerprint density at radius 1 is 1.28 bits per heavy atom. The van der Waals surface area contributed by atoms with Crippen LogP contribution in [0.25, 0.3) is 0 Å². The summed E-state index contributed by atoms with van der Waals surface area (Å²) in [7, 11) is -1.16. The smallest absolute Gasteiger partial charge is 0.191 e. The van der Waals surface area contributed by atoms with Gasteiger partial charge in [0.2, 0.25) is 0 Å². The summed E-state index contributed by atoms with van der Waals surface area (Å²) in [5.41, 5.74) is 1.35. The molecular formula is C18H30N4O2S. The molecule has 0 aromatic heterocycles. The Labute approximate surface area is 151 Å². The van der Waals surface area contributed by atoms with Crippen molar-refractivity contribution in [2.75, 3.05) is 38.7 Å². The van der Waals surface area contributed by atoms with Gasteiger partial charge in [-0.15, -0.1) is 0 Å². The lowest BCUT2D eigenvalue weighted by Gasteiger charge is -2.25. The van der Waals surface area contributed by atoms with E-state index in [4.69, 9.17) is 0 Å². The summed E-state index contributed by atoms with van der Waals surface area (Å²) >= 11 is 0. The fraction of sp³-hybridized carbons (Fsp3) is 0.611. The van der Waals surface area contributed by atoms with E-state index in [9.17, 15) is 8.42 Å². The molecule has 1 fully saturated rings. The summed E-state index contributed by atoms with van der Waals surface area (Å²) in [6.45, 7) is 3.55. The monoisotopic (exact) mass is 366 g/mol. The average molecular weight is 367 g/mol. The fourth-order valence-electron chi connectivity index (χ4n) is 3.13. The van der Waals surface area contributed by atoms with Crippen LogP contribution in [0, 0.1) is 0 Å². The van der Waals surface area contributed by atoms with Gasteiger partial charge in [-0.2, -0.15) is 0 Å². The molecule has 1 aliphatic heterocycles. The van der Waals surface area contributed by atoms with Gasteiger partial charge < -0.3 is 10.6 Å².